The van der Waals surface area contributed by atoms with Crippen LogP contribution < -0.4 is 11.0 Å². The Morgan fingerprint density at radius 2 is 1.83 bits per heavy atom. The SMILES string of the molecule is CC(C)(C)C(=O)NCc1ccc(Cl)c(-c2nn(-c3ccc(Cl)cc3)c(=O)[nH]2)c1F. The number of carbonyl (C=O) groups excluding carboxylic acids is 1. The van der Waals surface area contributed by atoms with E-state index in [0.29, 0.717) is 10.7 Å². The Morgan fingerprint density at radius 1 is 1.17 bits per heavy atom. The minimum atomic E-state index is -0.663. The molecule has 6 nitrogen and oxygen atoms in total. The third-order valence-corrected chi connectivity index (χ3v) is 4.78. The second kappa shape index (κ2) is 8.00. The van der Waals surface area contributed by atoms with Gasteiger partial charge < -0.3 is 5.32 Å². The van der Waals surface area contributed by atoms with Crippen molar-refractivity contribution in [2.75, 3.05) is 0 Å². The van der Waals surface area contributed by atoms with Crippen LogP contribution in [-0.2, 0) is 11.3 Å². The normalized spacial score (nSPS) is 11.5. The molecule has 152 valence electrons. The number of benzene rings is 2. The van der Waals surface area contributed by atoms with Crippen molar-refractivity contribution in [3.8, 4) is 17.1 Å². The maximum atomic E-state index is 15.1. The zero-order valence-corrected chi connectivity index (χ0v) is 17.5. The summed E-state index contributed by atoms with van der Waals surface area (Å²) in [6.07, 6.45) is 0. The van der Waals surface area contributed by atoms with E-state index in [1.807, 2.05) is 0 Å². The van der Waals surface area contributed by atoms with Crippen molar-refractivity contribution in [3.63, 3.8) is 0 Å². The van der Waals surface area contributed by atoms with Crippen LogP contribution in [0.1, 0.15) is 26.3 Å². The van der Waals surface area contributed by atoms with Crippen LogP contribution in [0, 0.1) is 11.2 Å². The van der Waals surface area contributed by atoms with E-state index in [4.69, 9.17) is 23.2 Å². The van der Waals surface area contributed by atoms with Gasteiger partial charge in [-0.15, -0.1) is 5.10 Å². The third-order valence-electron chi connectivity index (χ3n) is 4.22. The van der Waals surface area contributed by atoms with Gasteiger partial charge in [-0.1, -0.05) is 50.0 Å². The quantitative estimate of drug-likeness (QED) is 0.638. The molecule has 0 atom stereocenters. The molecule has 2 N–H and O–H groups in total. The fourth-order valence-corrected chi connectivity index (χ4v) is 2.95. The Hall–Kier alpha value is -2.64. The largest absolute Gasteiger partial charge is 0.351 e. The lowest BCUT2D eigenvalue weighted by Gasteiger charge is -2.18. The Morgan fingerprint density at radius 3 is 2.45 bits per heavy atom. The smallest absolute Gasteiger partial charge is 0.348 e. The molecule has 3 aromatic rings. The molecule has 0 bridgehead atoms. The highest BCUT2D eigenvalue weighted by Crippen LogP contribution is 2.30. The Labute approximate surface area is 176 Å². The second-order valence-corrected chi connectivity index (χ2v) is 8.34. The van der Waals surface area contributed by atoms with Crippen LogP contribution >= 0.6 is 23.2 Å². The zero-order valence-electron chi connectivity index (χ0n) is 16.0. The summed E-state index contributed by atoms with van der Waals surface area (Å²) in [5.74, 6) is -0.894. The summed E-state index contributed by atoms with van der Waals surface area (Å²) in [5.41, 5.74) is -0.506. The van der Waals surface area contributed by atoms with Gasteiger partial charge in [0.25, 0.3) is 0 Å². The number of aromatic nitrogens is 3. The Bertz CT molecular complexity index is 1110. The summed E-state index contributed by atoms with van der Waals surface area (Å²) < 4.78 is 16.2. The third kappa shape index (κ3) is 4.52. The minimum absolute atomic E-state index is 0.0172. The monoisotopic (exact) mass is 436 g/mol. The van der Waals surface area contributed by atoms with Crippen molar-refractivity contribution in [3.05, 3.63) is 68.3 Å². The first-order valence-electron chi connectivity index (χ1n) is 8.79. The summed E-state index contributed by atoms with van der Waals surface area (Å²) in [7, 11) is 0. The van der Waals surface area contributed by atoms with E-state index in [1.54, 1.807) is 45.0 Å². The van der Waals surface area contributed by atoms with E-state index in [1.165, 1.54) is 12.1 Å². The van der Waals surface area contributed by atoms with Crippen LogP contribution in [-0.4, -0.2) is 20.7 Å². The van der Waals surface area contributed by atoms with Crippen molar-refractivity contribution in [2.24, 2.45) is 5.41 Å². The number of nitrogens with one attached hydrogen (secondary N) is 2. The fourth-order valence-electron chi connectivity index (χ4n) is 2.58. The molecule has 3 rings (SSSR count). The van der Waals surface area contributed by atoms with Gasteiger partial charge in [-0.25, -0.2) is 9.18 Å². The van der Waals surface area contributed by atoms with E-state index in [-0.39, 0.29) is 34.4 Å². The molecule has 1 amide bonds. The average Bonchev–Trinajstić information content (AvgIpc) is 3.02. The molecule has 1 aromatic heterocycles. The average molecular weight is 437 g/mol. The molecule has 0 fully saturated rings. The Kier molecular flexibility index (Phi) is 5.82. The van der Waals surface area contributed by atoms with Crippen LogP contribution in [0.25, 0.3) is 17.1 Å². The lowest BCUT2D eigenvalue weighted by Crippen LogP contribution is -2.34. The van der Waals surface area contributed by atoms with E-state index in [2.05, 4.69) is 15.4 Å². The van der Waals surface area contributed by atoms with Gasteiger partial charge >= 0.3 is 5.69 Å². The van der Waals surface area contributed by atoms with E-state index in [9.17, 15) is 9.59 Å². The van der Waals surface area contributed by atoms with Gasteiger partial charge in [0, 0.05) is 22.5 Å². The highest BCUT2D eigenvalue weighted by molar-refractivity contribution is 6.33. The van der Waals surface area contributed by atoms with Crippen LogP contribution in [0.15, 0.2) is 41.2 Å². The van der Waals surface area contributed by atoms with Gasteiger partial charge in [-0.2, -0.15) is 4.68 Å². The van der Waals surface area contributed by atoms with Gasteiger partial charge in [0.2, 0.25) is 5.91 Å². The van der Waals surface area contributed by atoms with E-state index >= 15 is 4.39 Å². The molecule has 9 heteroatoms. The summed E-state index contributed by atoms with van der Waals surface area (Å²) in [5, 5.41) is 7.46. The molecule has 0 aliphatic rings. The number of amides is 1. The molecular formula is C20H19Cl2FN4O2. The minimum Gasteiger partial charge on any atom is -0.351 e. The zero-order chi connectivity index (χ0) is 21.3. The van der Waals surface area contributed by atoms with Crippen LogP contribution in [0.3, 0.4) is 0 Å². The highest BCUT2D eigenvalue weighted by atomic mass is 35.5. The number of rotatable bonds is 4. The number of halogens is 3. The number of hydrogen-bond acceptors (Lipinski definition) is 3. The molecule has 2 aromatic carbocycles. The molecule has 0 unspecified atom stereocenters. The summed E-state index contributed by atoms with van der Waals surface area (Å²) in [4.78, 5) is 26.9. The topological polar surface area (TPSA) is 79.8 Å². The van der Waals surface area contributed by atoms with E-state index < -0.39 is 16.9 Å². The molecule has 0 radical (unpaired) electrons. The van der Waals surface area contributed by atoms with Crippen LogP contribution in [0.2, 0.25) is 10.0 Å². The van der Waals surface area contributed by atoms with Gasteiger partial charge in [0.1, 0.15) is 5.82 Å². The highest BCUT2D eigenvalue weighted by Gasteiger charge is 2.23. The van der Waals surface area contributed by atoms with E-state index in [0.717, 1.165) is 4.68 Å². The molecule has 1 heterocycles. The maximum Gasteiger partial charge on any atom is 0.348 e. The lowest BCUT2D eigenvalue weighted by molar-refractivity contribution is -0.128. The molecule has 29 heavy (non-hydrogen) atoms. The number of nitrogens with zero attached hydrogens (tertiary/aromatic N) is 2. The number of H-pyrrole nitrogens is 1. The summed E-state index contributed by atoms with van der Waals surface area (Å²) >= 11 is 12.1. The van der Waals surface area contributed by atoms with Gasteiger partial charge in [0.05, 0.1) is 16.3 Å². The predicted molar refractivity (Wildman–Crippen MR) is 111 cm³/mol. The molecule has 0 aliphatic heterocycles. The standard InChI is InChI=1S/C20H19Cl2FN4O2/c1-20(2,3)18(28)24-10-11-4-9-14(22)15(16(11)23)17-25-19(29)27(26-17)13-7-5-12(21)6-8-13/h4-9H,10H2,1-3H3,(H,24,28)(H,25,26,29). The van der Waals surface area contributed by atoms with Gasteiger partial charge in [-0.05, 0) is 30.3 Å². The summed E-state index contributed by atoms with van der Waals surface area (Å²) in [6, 6.07) is 9.44. The first-order chi connectivity index (χ1) is 13.6. The summed E-state index contributed by atoms with van der Waals surface area (Å²) in [6.45, 7) is 5.27. The molecule has 0 aliphatic carbocycles. The second-order valence-electron chi connectivity index (χ2n) is 7.50. The van der Waals surface area contributed by atoms with Gasteiger partial charge in [0.15, 0.2) is 5.82 Å². The lowest BCUT2D eigenvalue weighted by atomic mass is 9.95. The molecular weight excluding hydrogens is 418 g/mol. The number of hydrogen-bond donors (Lipinski definition) is 2. The first kappa shape index (κ1) is 21.1. The molecule has 0 saturated carbocycles. The first-order valence-corrected chi connectivity index (χ1v) is 9.54. The van der Waals surface area contributed by atoms with Crippen molar-refractivity contribution in [1.82, 2.24) is 20.1 Å². The molecule has 0 saturated heterocycles. The Balaban J connectivity index is 1.97. The van der Waals surface area contributed by atoms with Crippen molar-refractivity contribution >= 4 is 29.1 Å². The van der Waals surface area contributed by atoms with Crippen molar-refractivity contribution in [1.29, 1.82) is 0 Å². The van der Waals surface area contributed by atoms with Crippen LogP contribution in [0.5, 0.6) is 0 Å². The number of carbonyl (C=O) groups is 1. The van der Waals surface area contributed by atoms with Crippen molar-refractivity contribution in [2.45, 2.75) is 27.3 Å². The van der Waals surface area contributed by atoms with Crippen LogP contribution in [0.4, 0.5) is 4.39 Å². The molecule has 0 spiro atoms. The van der Waals surface area contributed by atoms with Crippen molar-refractivity contribution < 1.29 is 9.18 Å². The number of aromatic amines is 1. The predicted octanol–water partition coefficient (Wildman–Crippen LogP) is 4.34. The van der Waals surface area contributed by atoms with Gasteiger partial charge in [-0.3, -0.25) is 9.78 Å². The maximum absolute atomic E-state index is 15.1. The fraction of sp³-hybridized carbons (Fsp3) is 0.250.